The number of hydrogen-bond acceptors (Lipinski definition) is 3. The Balaban J connectivity index is 2.03. The van der Waals surface area contributed by atoms with E-state index in [1.165, 1.54) is 0 Å². The normalized spacial score (nSPS) is 17.5. The third kappa shape index (κ3) is 2.94. The monoisotopic (exact) mass is 207 g/mol. The average Bonchev–Trinajstić information content (AvgIpc) is 3.03. The summed E-state index contributed by atoms with van der Waals surface area (Å²) in [5.41, 5.74) is 0.905. The van der Waals surface area contributed by atoms with Gasteiger partial charge >= 0.3 is 0 Å². The molecule has 0 bridgehead atoms. The minimum atomic E-state index is -0.460. The molecule has 0 saturated heterocycles. The summed E-state index contributed by atoms with van der Waals surface area (Å²) in [4.78, 5) is 0. The fourth-order valence-electron chi connectivity index (χ4n) is 1.48. The molecule has 3 heteroatoms. The molecule has 0 aliphatic heterocycles. The molecule has 0 amide bonds. The molecule has 1 aromatic rings. The van der Waals surface area contributed by atoms with Gasteiger partial charge in [-0.2, -0.15) is 0 Å². The molecule has 0 radical (unpaired) electrons. The van der Waals surface area contributed by atoms with E-state index in [4.69, 9.17) is 4.74 Å². The van der Waals surface area contributed by atoms with E-state index in [0.717, 1.165) is 24.2 Å². The van der Waals surface area contributed by atoms with Gasteiger partial charge in [-0.25, -0.2) is 0 Å². The lowest BCUT2D eigenvalue weighted by atomic mass is 10.1. The van der Waals surface area contributed by atoms with Crippen LogP contribution in [0.2, 0.25) is 0 Å². The SMILES string of the molecule is CNCC(O)c1cccc(OC2CC2)c1. The van der Waals surface area contributed by atoms with Gasteiger partial charge in [0.05, 0.1) is 12.2 Å². The highest BCUT2D eigenvalue weighted by Gasteiger charge is 2.23. The zero-order valence-electron chi connectivity index (χ0n) is 8.94. The van der Waals surface area contributed by atoms with Gasteiger partial charge in [0.15, 0.2) is 0 Å². The lowest BCUT2D eigenvalue weighted by molar-refractivity contribution is 0.177. The van der Waals surface area contributed by atoms with E-state index in [2.05, 4.69) is 5.32 Å². The highest BCUT2D eigenvalue weighted by Crippen LogP contribution is 2.28. The van der Waals surface area contributed by atoms with E-state index < -0.39 is 6.10 Å². The third-order valence-corrected chi connectivity index (χ3v) is 2.47. The number of rotatable bonds is 5. The van der Waals surface area contributed by atoms with Crippen molar-refractivity contribution in [3.63, 3.8) is 0 Å². The van der Waals surface area contributed by atoms with Crippen molar-refractivity contribution < 1.29 is 9.84 Å². The van der Waals surface area contributed by atoms with Gasteiger partial charge in [0.25, 0.3) is 0 Å². The van der Waals surface area contributed by atoms with Crippen LogP contribution in [0.1, 0.15) is 24.5 Å². The van der Waals surface area contributed by atoms with E-state index in [1.807, 2.05) is 31.3 Å². The Morgan fingerprint density at radius 1 is 1.53 bits per heavy atom. The van der Waals surface area contributed by atoms with E-state index in [0.29, 0.717) is 12.6 Å². The molecule has 82 valence electrons. The second-order valence-electron chi connectivity index (χ2n) is 3.96. The minimum Gasteiger partial charge on any atom is -0.490 e. The van der Waals surface area contributed by atoms with Crippen LogP contribution in [-0.2, 0) is 0 Å². The number of likely N-dealkylation sites (N-methyl/N-ethyl adjacent to an activating group) is 1. The van der Waals surface area contributed by atoms with Gasteiger partial charge in [0.2, 0.25) is 0 Å². The lowest BCUT2D eigenvalue weighted by Gasteiger charge is -2.12. The third-order valence-electron chi connectivity index (χ3n) is 2.47. The van der Waals surface area contributed by atoms with Gasteiger partial charge in [-0.05, 0) is 37.6 Å². The van der Waals surface area contributed by atoms with Crippen molar-refractivity contribution in [3.05, 3.63) is 29.8 Å². The highest BCUT2D eigenvalue weighted by atomic mass is 16.5. The Morgan fingerprint density at radius 3 is 3.00 bits per heavy atom. The fourth-order valence-corrected chi connectivity index (χ4v) is 1.48. The van der Waals surface area contributed by atoms with Crippen LogP contribution >= 0.6 is 0 Å². The average molecular weight is 207 g/mol. The summed E-state index contributed by atoms with van der Waals surface area (Å²) in [7, 11) is 1.83. The van der Waals surface area contributed by atoms with Gasteiger partial charge in [0, 0.05) is 6.54 Å². The van der Waals surface area contributed by atoms with Crippen molar-refractivity contribution in [1.82, 2.24) is 5.32 Å². The Labute approximate surface area is 90.1 Å². The van der Waals surface area contributed by atoms with E-state index >= 15 is 0 Å². The first-order valence-electron chi connectivity index (χ1n) is 5.39. The van der Waals surface area contributed by atoms with Crippen LogP contribution in [0.3, 0.4) is 0 Å². The van der Waals surface area contributed by atoms with E-state index in [-0.39, 0.29) is 0 Å². The summed E-state index contributed by atoms with van der Waals surface area (Å²) in [5, 5.41) is 12.7. The smallest absolute Gasteiger partial charge is 0.120 e. The molecule has 1 aliphatic rings. The topological polar surface area (TPSA) is 41.5 Å². The number of aliphatic hydroxyl groups is 1. The molecule has 2 N–H and O–H groups in total. The number of hydrogen-bond donors (Lipinski definition) is 2. The largest absolute Gasteiger partial charge is 0.490 e. The molecule has 1 atom stereocenters. The molecule has 1 aliphatic carbocycles. The summed E-state index contributed by atoms with van der Waals surface area (Å²) in [6, 6.07) is 7.70. The molecule has 0 aromatic heterocycles. The summed E-state index contributed by atoms with van der Waals surface area (Å²) in [6.45, 7) is 0.562. The van der Waals surface area contributed by atoms with E-state index in [1.54, 1.807) is 0 Å². The number of nitrogens with one attached hydrogen (secondary N) is 1. The molecule has 1 saturated carbocycles. The second-order valence-corrected chi connectivity index (χ2v) is 3.96. The molecule has 0 heterocycles. The minimum absolute atomic E-state index is 0.404. The molecular weight excluding hydrogens is 190 g/mol. The van der Waals surface area contributed by atoms with Gasteiger partial charge in [-0.1, -0.05) is 12.1 Å². The van der Waals surface area contributed by atoms with Crippen LogP contribution < -0.4 is 10.1 Å². The molecule has 1 fully saturated rings. The van der Waals surface area contributed by atoms with Crippen molar-refractivity contribution in [3.8, 4) is 5.75 Å². The summed E-state index contributed by atoms with van der Waals surface area (Å²) in [5.74, 6) is 0.866. The van der Waals surface area contributed by atoms with Gasteiger partial charge in [0.1, 0.15) is 5.75 Å². The van der Waals surface area contributed by atoms with Crippen LogP contribution in [0.5, 0.6) is 5.75 Å². The van der Waals surface area contributed by atoms with Gasteiger partial charge in [-0.3, -0.25) is 0 Å². The maximum atomic E-state index is 9.78. The van der Waals surface area contributed by atoms with E-state index in [9.17, 15) is 5.11 Å². The van der Waals surface area contributed by atoms with Crippen LogP contribution in [0.25, 0.3) is 0 Å². The van der Waals surface area contributed by atoms with Crippen molar-refractivity contribution in [2.45, 2.75) is 25.0 Å². The van der Waals surface area contributed by atoms with Crippen molar-refractivity contribution in [2.24, 2.45) is 0 Å². The van der Waals surface area contributed by atoms with Gasteiger partial charge < -0.3 is 15.2 Å². The van der Waals surface area contributed by atoms with Crippen LogP contribution in [0.15, 0.2) is 24.3 Å². The molecule has 1 aromatic carbocycles. The predicted octanol–water partition coefficient (Wildman–Crippen LogP) is 1.48. The number of ether oxygens (including phenoxy) is 1. The highest BCUT2D eigenvalue weighted by molar-refractivity contribution is 5.30. The Hall–Kier alpha value is -1.06. The maximum absolute atomic E-state index is 9.78. The standard InChI is InChI=1S/C12H17NO2/c1-13-8-12(14)9-3-2-4-11(7-9)15-10-5-6-10/h2-4,7,10,12-14H,5-6,8H2,1H3. The fraction of sp³-hybridized carbons (Fsp3) is 0.500. The first kappa shape index (κ1) is 10.5. The number of benzene rings is 1. The van der Waals surface area contributed by atoms with Crippen molar-refractivity contribution in [1.29, 1.82) is 0 Å². The van der Waals surface area contributed by atoms with Gasteiger partial charge in [-0.15, -0.1) is 0 Å². The molecule has 0 spiro atoms. The quantitative estimate of drug-likeness (QED) is 0.768. The summed E-state index contributed by atoms with van der Waals surface area (Å²) in [6.07, 6.45) is 2.26. The Morgan fingerprint density at radius 2 is 2.33 bits per heavy atom. The first-order valence-corrected chi connectivity index (χ1v) is 5.39. The van der Waals surface area contributed by atoms with Crippen LogP contribution in [0.4, 0.5) is 0 Å². The molecule has 15 heavy (non-hydrogen) atoms. The Kier molecular flexibility index (Phi) is 3.23. The van der Waals surface area contributed by atoms with Crippen molar-refractivity contribution >= 4 is 0 Å². The second kappa shape index (κ2) is 4.64. The van der Waals surface area contributed by atoms with Crippen LogP contribution in [-0.4, -0.2) is 24.8 Å². The molecular formula is C12H17NO2. The predicted molar refractivity (Wildman–Crippen MR) is 59.0 cm³/mol. The maximum Gasteiger partial charge on any atom is 0.120 e. The Bertz CT molecular complexity index is 323. The molecule has 3 nitrogen and oxygen atoms in total. The van der Waals surface area contributed by atoms with Crippen LogP contribution in [0, 0.1) is 0 Å². The number of aliphatic hydroxyl groups excluding tert-OH is 1. The molecule has 2 rings (SSSR count). The summed E-state index contributed by atoms with van der Waals surface area (Å²) < 4.78 is 5.66. The molecule has 1 unspecified atom stereocenters. The zero-order chi connectivity index (χ0) is 10.7. The van der Waals surface area contributed by atoms with Crippen molar-refractivity contribution in [2.75, 3.05) is 13.6 Å². The summed E-state index contributed by atoms with van der Waals surface area (Å²) >= 11 is 0. The zero-order valence-corrected chi connectivity index (χ0v) is 8.94. The first-order chi connectivity index (χ1) is 7.29. The lowest BCUT2D eigenvalue weighted by Crippen LogP contribution is -2.16.